The van der Waals surface area contributed by atoms with Gasteiger partial charge in [0, 0.05) is 38.3 Å². The first-order chi connectivity index (χ1) is 14.7. The number of benzene rings is 2. The van der Waals surface area contributed by atoms with Gasteiger partial charge in [-0.3, -0.25) is 4.79 Å². The van der Waals surface area contributed by atoms with E-state index in [0.29, 0.717) is 23.3 Å². The van der Waals surface area contributed by atoms with E-state index >= 15 is 0 Å². The molecule has 0 aromatic heterocycles. The molecule has 0 aliphatic carbocycles. The number of nitrogens with zero attached hydrogens (tertiary/aromatic N) is 2. The molecule has 3 rings (SSSR count). The minimum atomic E-state index is -4.02. The second kappa shape index (κ2) is 9.06. The van der Waals surface area contributed by atoms with Crippen LogP contribution in [-0.2, 0) is 10.0 Å². The normalized spacial score (nSPS) is 14.9. The number of halogens is 2. The van der Waals surface area contributed by atoms with E-state index in [9.17, 15) is 22.0 Å². The number of carbonyl (C=O) groups excluding carboxylic acids is 1. The molecule has 1 heterocycles. The largest absolute Gasteiger partial charge is 0.496 e. The highest BCUT2D eigenvalue weighted by Gasteiger charge is 2.32. The molecular formula is C20H22F2N2O6S. The average molecular weight is 456 g/mol. The number of methoxy groups -OCH3 is 3. The third-order valence-corrected chi connectivity index (χ3v) is 6.89. The van der Waals surface area contributed by atoms with Crippen molar-refractivity contribution in [3.05, 3.63) is 47.5 Å². The number of amides is 1. The Balaban J connectivity index is 1.78. The number of rotatable bonds is 6. The van der Waals surface area contributed by atoms with Gasteiger partial charge in [-0.05, 0) is 18.2 Å². The van der Waals surface area contributed by atoms with Crippen LogP contribution < -0.4 is 14.2 Å². The quantitative estimate of drug-likeness (QED) is 0.662. The molecule has 0 bridgehead atoms. The van der Waals surface area contributed by atoms with Gasteiger partial charge in [0.25, 0.3) is 5.91 Å². The van der Waals surface area contributed by atoms with Crippen LogP contribution in [0, 0.1) is 11.6 Å². The summed E-state index contributed by atoms with van der Waals surface area (Å²) in [5.74, 6) is -1.68. The molecule has 1 amide bonds. The molecule has 2 aromatic rings. The molecule has 2 aromatic carbocycles. The second-order valence-electron chi connectivity index (χ2n) is 6.68. The van der Waals surface area contributed by atoms with Crippen molar-refractivity contribution < 1.29 is 36.2 Å². The maximum atomic E-state index is 13.5. The molecule has 0 N–H and O–H groups in total. The molecule has 0 spiro atoms. The SMILES string of the molecule is COc1cc(OC)c(C(=O)N2CCN(S(=O)(=O)c3ccc(F)c(F)c3)CC2)cc1OC. The fourth-order valence-corrected chi connectivity index (χ4v) is 4.72. The fraction of sp³-hybridized carbons (Fsp3) is 0.350. The lowest BCUT2D eigenvalue weighted by Crippen LogP contribution is -2.50. The van der Waals surface area contributed by atoms with Crippen LogP contribution >= 0.6 is 0 Å². The van der Waals surface area contributed by atoms with Crippen molar-refractivity contribution in [3.63, 3.8) is 0 Å². The smallest absolute Gasteiger partial charge is 0.257 e. The minimum absolute atomic E-state index is 0.00265. The summed E-state index contributed by atoms with van der Waals surface area (Å²) in [6.45, 7) is 0.226. The number of hydrogen-bond donors (Lipinski definition) is 0. The topological polar surface area (TPSA) is 85.4 Å². The second-order valence-corrected chi connectivity index (χ2v) is 8.62. The Morgan fingerprint density at radius 1 is 0.839 bits per heavy atom. The van der Waals surface area contributed by atoms with E-state index in [1.165, 1.54) is 38.4 Å². The fourth-order valence-electron chi connectivity index (χ4n) is 3.28. The van der Waals surface area contributed by atoms with Gasteiger partial charge in [0.1, 0.15) is 5.75 Å². The molecule has 1 aliphatic heterocycles. The Kier molecular flexibility index (Phi) is 6.65. The zero-order chi connectivity index (χ0) is 22.8. The molecule has 0 atom stereocenters. The van der Waals surface area contributed by atoms with Crippen molar-refractivity contribution in [2.75, 3.05) is 47.5 Å². The van der Waals surface area contributed by atoms with Gasteiger partial charge >= 0.3 is 0 Å². The van der Waals surface area contributed by atoms with E-state index < -0.39 is 21.7 Å². The first-order valence-corrected chi connectivity index (χ1v) is 10.7. The van der Waals surface area contributed by atoms with Gasteiger partial charge in [0.05, 0.1) is 31.8 Å². The van der Waals surface area contributed by atoms with Crippen LogP contribution in [0.25, 0.3) is 0 Å². The van der Waals surface area contributed by atoms with Crippen LogP contribution in [0.1, 0.15) is 10.4 Å². The van der Waals surface area contributed by atoms with Crippen LogP contribution in [0.15, 0.2) is 35.2 Å². The maximum Gasteiger partial charge on any atom is 0.257 e. The molecule has 1 saturated heterocycles. The summed E-state index contributed by atoms with van der Waals surface area (Å²) in [5, 5.41) is 0. The number of sulfonamides is 1. The maximum absolute atomic E-state index is 13.5. The molecule has 1 aliphatic rings. The predicted octanol–water partition coefficient (Wildman–Crippen LogP) is 2.14. The Morgan fingerprint density at radius 2 is 1.42 bits per heavy atom. The van der Waals surface area contributed by atoms with Crippen molar-refractivity contribution in [2.24, 2.45) is 0 Å². The van der Waals surface area contributed by atoms with Gasteiger partial charge < -0.3 is 19.1 Å². The van der Waals surface area contributed by atoms with Gasteiger partial charge in [0.15, 0.2) is 23.1 Å². The summed E-state index contributed by atoms with van der Waals surface area (Å²) in [4.78, 5) is 14.2. The van der Waals surface area contributed by atoms with Crippen molar-refractivity contribution in [3.8, 4) is 17.2 Å². The molecular weight excluding hydrogens is 434 g/mol. The lowest BCUT2D eigenvalue weighted by Gasteiger charge is -2.34. The van der Waals surface area contributed by atoms with Gasteiger partial charge in [-0.25, -0.2) is 17.2 Å². The first kappa shape index (κ1) is 22.8. The van der Waals surface area contributed by atoms with Gasteiger partial charge in [0.2, 0.25) is 10.0 Å². The van der Waals surface area contributed by atoms with Crippen molar-refractivity contribution in [1.29, 1.82) is 0 Å². The summed E-state index contributed by atoms with van der Waals surface area (Å²) in [7, 11) is 0.310. The van der Waals surface area contributed by atoms with E-state index in [2.05, 4.69) is 0 Å². The Labute approximate surface area is 179 Å². The van der Waals surface area contributed by atoms with Crippen molar-refractivity contribution >= 4 is 15.9 Å². The van der Waals surface area contributed by atoms with E-state index in [0.717, 1.165) is 16.4 Å². The van der Waals surface area contributed by atoms with Crippen molar-refractivity contribution in [2.45, 2.75) is 4.90 Å². The van der Waals surface area contributed by atoms with Gasteiger partial charge in [-0.1, -0.05) is 0 Å². The molecule has 168 valence electrons. The lowest BCUT2D eigenvalue weighted by molar-refractivity contribution is 0.0694. The molecule has 0 saturated carbocycles. The van der Waals surface area contributed by atoms with E-state index in [-0.39, 0.29) is 42.5 Å². The summed E-state index contributed by atoms with van der Waals surface area (Å²) >= 11 is 0. The van der Waals surface area contributed by atoms with E-state index in [1.54, 1.807) is 0 Å². The van der Waals surface area contributed by atoms with E-state index in [4.69, 9.17) is 14.2 Å². The monoisotopic (exact) mass is 456 g/mol. The summed E-state index contributed by atoms with van der Waals surface area (Å²) in [5.41, 5.74) is 0.247. The molecule has 8 nitrogen and oxygen atoms in total. The predicted molar refractivity (Wildman–Crippen MR) is 107 cm³/mol. The van der Waals surface area contributed by atoms with Crippen LogP contribution in [0.2, 0.25) is 0 Å². The number of carbonyl (C=O) groups is 1. The van der Waals surface area contributed by atoms with Gasteiger partial charge in [-0.2, -0.15) is 4.31 Å². The number of piperazine rings is 1. The van der Waals surface area contributed by atoms with Crippen molar-refractivity contribution in [1.82, 2.24) is 9.21 Å². The minimum Gasteiger partial charge on any atom is -0.496 e. The Hall–Kier alpha value is -2.92. The summed E-state index contributed by atoms with van der Waals surface area (Å²) in [6.07, 6.45) is 0. The molecule has 31 heavy (non-hydrogen) atoms. The highest BCUT2D eigenvalue weighted by atomic mass is 32.2. The summed E-state index contributed by atoms with van der Waals surface area (Å²) in [6, 6.07) is 5.47. The van der Waals surface area contributed by atoms with Crippen LogP contribution in [-0.4, -0.2) is 71.0 Å². The van der Waals surface area contributed by atoms with Crippen LogP contribution in [0.5, 0.6) is 17.2 Å². The first-order valence-electron chi connectivity index (χ1n) is 9.27. The lowest BCUT2D eigenvalue weighted by atomic mass is 10.1. The molecule has 1 fully saturated rings. The Morgan fingerprint density at radius 3 is 1.97 bits per heavy atom. The zero-order valence-corrected chi connectivity index (χ0v) is 18.0. The molecule has 0 radical (unpaired) electrons. The summed E-state index contributed by atoms with van der Waals surface area (Å²) < 4.78 is 69.0. The standard InChI is InChI=1S/C20H22F2N2O6S/c1-28-17-12-19(30-3)18(29-2)11-14(17)20(25)23-6-8-24(9-7-23)31(26,27)13-4-5-15(21)16(22)10-13/h4-5,10-12H,6-9H2,1-3H3. The van der Waals surface area contributed by atoms with E-state index in [1.807, 2.05) is 0 Å². The highest BCUT2D eigenvalue weighted by molar-refractivity contribution is 7.89. The Bertz CT molecular complexity index is 1090. The molecule has 11 heteroatoms. The zero-order valence-electron chi connectivity index (χ0n) is 17.2. The molecule has 0 unspecified atom stereocenters. The number of ether oxygens (including phenoxy) is 3. The van der Waals surface area contributed by atoms with Crippen LogP contribution in [0.4, 0.5) is 8.78 Å². The highest BCUT2D eigenvalue weighted by Crippen LogP contribution is 2.35. The number of hydrogen-bond acceptors (Lipinski definition) is 6. The van der Waals surface area contributed by atoms with Crippen LogP contribution in [0.3, 0.4) is 0 Å². The van der Waals surface area contributed by atoms with Gasteiger partial charge in [-0.15, -0.1) is 0 Å². The third kappa shape index (κ3) is 4.42. The third-order valence-electron chi connectivity index (χ3n) is 4.99. The average Bonchev–Trinajstić information content (AvgIpc) is 2.79.